The molecule has 0 aromatic rings. The van der Waals surface area contributed by atoms with Gasteiger partial charge in [-0.05, 0) is 50.9 Å². The van der Waals surface area contributed by atoms with E-state index in [1.54, 1.807) is 0 Å². The second kappa shape index (κ2) is 4.51. The Kier molecular flexibility index (Phi) is 3.11. The van der Waals surface area contributed by atoms with Gasteiger partial charge in [-0.15, -0.1) is 0 Å². The molecule has 0 bridgehead atoms. The molecule has 2 aliphatic carbocycles. The molecule has 3 nitrogen and oxygen atoms in total. The van der Waals surface area contributed by atoms with Crippen molar-refractivity contribution >= 4 is 0 Å². The van der Waals surface area contributed by atoms with E-state index < -0.39 is 0 Å². The molecule has 18 heavy (non-hydrogen) atoms. The molecular weight excluding hydrogens is 222 g/mol. The molecule has 1 aliphatic heterocycles. The van der Waals surface area contributed by atoms with E-state index in [0.29, 0.717) is 18.0 Å². The highest BCUT2D eigenvalue weighted by Gasteiger charge is 2.50. The van der Waals surface area contributed by atoms with E-state index in [4.69, 9.17) is 0 Å². The van der Waals surface area contributed by atoms with Crippen LogP contribution in [-0.2, 0) is 0 Å². The number of hydrogen-bond acceptors (Lipinski definition) is 3. The summed E-state index contributed by atoms with van der Waals surface area (Å²) in [6, 6.07) is 3.93. The van der Waals surface area contributed by atoms with Crippen LogP contribution in [0, 0.1) is 23.2 Å². The minimum atomic E-state index is -0.251. The van der Waals surface area contributed by atoms with Crippen molar-refractivity contribution in [2.45, 2.75) is 63.6 Å². The van der Waals surface area contributed by atoms with Gasteiger partial charge in [0.15, 0.2) is 0 Å². The smallest absolute Gasteiger partial charge is 0.122 e. The highest BCUT2D eigenvalue weighted by atomic mass is 15.2. The summed E-state index contributed by atoms with van der Waals surface area (Å²) < 4.78 is 0. The molecule has 0 radical (unpaired) electrons. The highest BCUT2D eigenvalue weighted by molar-refractivity contribution is 5.19. The van der Waals surface area contributed by atoms with E-state index in [2.05, 4.69) is 30.1 Å². The molecule has 1 heterocycles. The highest BCUT2D eigenvalue weighted by Crippen LogP contribution is 2.42. The minimum Gasteiger partial charge on any atom is -0.297 e. The molecule has 0 spiro atoms. The van der Waals surface area contributed by atoms with Crippen LogP contribution in [-0.4, -0.2) is 35.6 Å². The van der Waals surface area contributed by atoms with Crippen LogP contribution in [0.25, 0.3) is 0 Å². The third-order valence-electron chi connectivity index (χ3n) is 4.88. The normalized spacial score (nSPS) is 36.3. The first-order valence-electron chi connectivity index (χ1n) is 7.56. The summed E-state index contributed by atoms with van der Waals surface area (Å²) in [6.45, 7) is 6.76. The zero-order valence-corrected chi connectivity index (χ0v) is 11.7. The van der Waals surface area contributed by atoms with E-state index in [1.807, 2.05) is 0 Å². The van der Waals surface area contributed by atoms with Crippen molar-refractivity contribution in [3.63, 3.8) is 0 Å². The van der Waals surface area contributed by atoms with Crippen LogP contribution in [0.2, 0.25) is 0 Å². The third-order valence-corrected chi connectivity index (χ3v) is 4.88. The quantitative estimate of drug-likeness (QED) is 0.809. The molecule has 3 heteroatoms. The maximum absolute atomic E-state index is 9.74. The van der Waals surface area contributed by atoms with E-state index in [1.165, 1.54) is 38.6 Å². The third kappa shape index (κ3) is 2.41. The Hall–Kier alpha value is -0.590. The average molecular weight is 247 g/mol. The maximum atomic E-state index is 9.74. The molecule has 1 saturated heterocycles. The van der Waals surface area contributed by atoms with Gasteiger partial charge in [-0.2, -0.15) is 5.26 Å². The van der Waals surface area contributed by atoms with Gasteiger partial charge < -0.3 is 0 Å². The Labute approximate surface area is 111 Å². The Morgan fingerprint density at radius 3 is 2.44 bits per heavy atom. The zero-order valence-electron chi connectivity index (χ0n) is 11.7. The van der Waals surface area contributed by atoms with Gasteiger partial charge in [0.25, 0.3) is 0 Å². The Morgan fingerprint density at radius 1 is 1.28 bits per heavy atom. The number of nitrogens with zero attached hydrogens (tertiary/aromatic N) is 2. The molecule has 3 fully saturated rings. The number of hydrogen-bond donors (Lipinski definition) is 1. The Bertz CT molecular complexity index is 353. The second-order valence-corrected chi connectivity index (χ2v) is 6.90. The Balaban J connectivity index is 1.70. The summed E-state index contributed by atoms with van der Waals surface area (Å²) in [4.78, 5) is 2.54. The zero-order chi connectivity index (χ0) is 12.8. The van der Waals surface area contributed by atoms with Crippen LogP contribution in [0.15, 0.2) is 0 Å². The SMILES string of the molecule is CC1CC(C)N(CC(C#N)(NC2CC2)C2CC2)C1. The molecule has 0 aromatic carbocycles. The lowest BCUT2D eigenvalue weighted by molar-refractivity contribution is 0.187. The number of rotatable bonds is 5. The lowest BCUT2D eigenvalue weighted by atomic mass is 9.93. The molecular formula is C15H25N3. The summed E-state index contributed by atoms with van der Waals surface area (Å²) >= 11 is 0. The first-order chi connectivity index (χ1) is 8.63. The minimum absolute atomic E-state index is 0.251. The summed E-state index contributed by atoms with van der Waals surface area (Å²) in [5.74, 6) is 1.39. The fourth-order valence-corrected chi connectivity index (χ4v) is 3.55. The van der Waals surface area contributed by atoms with E-state index >= 15 is 0 Å². The number of nitrogens with one attached hydrogen (secondary N) is 1. The van der Waals surface area contributed by atoms with Gasteiger partial charge in [0.2, 0.25) is 0 Å². The first kappa shape index (κ1) is 12.4. The standard InChI is InChI=1S/C15H25N3/c1-11-7-12(2)18(8-11)10-15(9-16,13-3-4-13)17-14-5-6-14/h11-14,17H,3-8,10H2,1-2H3. The van der Waals surface area contributed by atoms with Crippen molar-refractivity contribution in [2.75, 3.05) is 13.1 Å². The van der Waals surface area contributed by atoms with Crippen molar-refractivity contribution in [3.8, 4) is 6.07 Å². The second-order valence-electron chi connectivity index (χ2n) is 6.90. The van der Waals surface area contributed by atoms with Crippen molar-refractivity contribution in [1.82, 2.24) is 10.2 Å². The lowest BCUT2D eigenvalue weighted by Crippen LogP contribution is -2.55. The summed E-state index contributed by atoms with van der Waals surface area (Å²) in [6.07, 6.45) is 6.30. The molecule has 0 amide bonds. The average Bonchev–Trinajstić information content (AvgIpc) is 3.20. The van der Waals surface area contributed by atoms with Crippen LogP contribution in [0.1, 0.15) is 46.0 Å². The molecule has 100 valence electrons. The van der Waals surface area contributed by atoms with Crippen molar-refractivity contribution < 1.29 is 0 Å². The number of likely N-dealkylation sites (tertiary alicyclic amines) is 1. The largest absolute Gasteiger partial charge is 0.297 e. The molecule has 0 aromatic heterocycles. The van der Waals surface area contributed by atoms with Gasteiger partial charge in [-0.3, -0.25) is 10.2 Å². The van der Waals surface area contributed by atoms with Gasteiger partial charge in [-0.1, -0.05) is 6.92 Å². The van der Waals surface area contributed by atoms with Gasteiger partial charge in [0.05, 0.1) is 6.07 Å². The van der Waals surface area contributed by atoms with Crippen LogP contribution in [0.3, 0.4) is 0 Å². The molecule has 1 N–H and O–H groups in total. The van der Waals surface area contributed by atoms with Crippen molar-refractivity contribution in [3.05, 3.63) is 0 Å². The summed E-state index contributed by atoms with van der Waals surface area (Å²) in [5.41, 5.74) is -0.251. The lowest BCUT2D eigenvalue weighted by Gasteiger charge is -2.34. The van der Waals surface area contributed by atoms with Gasteiger partial charge >= 0.3 is 0 Å². The van der Waals surface area contributed by atoms with Crippen LogP contribution >= 0.6 is 0 Å². The predicted molar refractivity (Wildman–Crippen MR) is 72.0 cm³/mol. The van der Waals surface area contributed by atoms with E-state index in [9.17, 15) is 5.26 Å². The fourth-order valence-electron chi connectivity index (χ4n) is 3.55. The molecule has 3 unspecified atom stereocenters. The first-order valence-corrected chi connectivity index (χ1v) is 7.56. The summed E-state index contributed by atoms with van der Waals surface area (Å²) in [7, 11) is 0. The fraction of sp³-hybridized carbons (Fsp3) is 0.933. The predicted octanol–water partition coefficient (Wildman–Crippen LogP) is 2.14. The van der Waals surface area contributed by atoms with Crippen LogP contribution in [0.5, 0.6) is 0 Å². The van der Waals surface area contributed by atoms with Gasteiger partial charge in [0, 0.05) is 25.2 Å². The van der Waals surface area contributed by atoms with Crippen LogP contribution < -0.4 is 5.32 Å². The maximum Gasteiger partial charge on any atom is 0.122 e. The molecule has 3 atom stereocenters. The monoisotopic (exact) mass is 247 g/mol. The van der Waals surface area contributed by atoms with Gasteiger partial charge in [0.1, 0.15) is 5.54 Å². The van der Waals surface area contributed by atoms with Crippen molar-refractivity contribution in [1.29, 1.82) is 5.26 Å². The molecule has 3 rings (SSSR count). The summed E-state index contributed by atoms with van der Waals surface area (Å²) in [5, 5.41) is 13.4. The molecule has 2 saturated carbocycles. The van der Waals surface area contributed by atoms with Gasteiger partial charge in [-0.25, -0.2) is 0 Å². The topological polar surface area (TPSA) is 39.1 Å². The van der Waals surface area contributed by atoms with Crippen LogP contribution in [0.4, 0.5) is 0 Å². The molecule has 3 aliphatic rings. The Morgan fingerprint density at radius 2 is 2.00 bits per heavy atom. The number of nitriles is 1. The van der Waals surface area contributed by atoms with Crippen molar-refractivity contribution in [2.24, 2.45) is 11.8 Å². The van der Waals surface area contributed by atoms with E-state index in [-0.39, 0.29) is 5.54 Å². The van der Waals surface area contributed by atoms with E-state index in [0.717, 1.165) is 12.5 Å².